The average molecular weight is 345 g/mol. The molecular weight excluding hydrogens is 318 g/mol. The van der Waals surface area contributed by atoms with Crippen LogP contribution in [0.4, 0.5) is 10.5 Å². The number of ether oxygens (including phenoxy) is 1. The third-order valence-electron chi connectivity index (χ3n) is 4.82. The highest BCUT2D eigenvalue weighted by Crippen LogP contribution is 2.21. The first-order valence-corrected chi connectivity index (χ1v) is 9.05. The Kier molecular flexibility index (Phi) is 5.27. The first kappa shape index (κ1) is 17.7. The van der Waals surface area contributed by atoms with Gasteiger partial charge in [-0.2, -0.15) is 0 Å². The number of likely N-dealkylation sites (tertiary alicyclic amines) is 1. The average Bonchev–Trinajstić information content (AvgIpc) is 3.09. The molecule has 0 aromatic heterocycles. The van der Waals surface area contributed by atoms with Crippen molar-refractivity contribution in [1.29, 1.82) is 0 Å². The molecule has 3 amide bonds. The van der Waals surface area contributed by atoms with E-state index < -0.39 is 0 Å². The molecule has 1 aromatic carbocycles. The summed E-state index contributed by atoms with van der Waals surface area (Å²) in [5, 5.41) is 2.96. The third-order valence-corrected chi connectivity index (χ3v) is 4.82. The van der Waals surface area contributed by atoms with Crippen molar-refractivity contribution in [2.45, 2.75) is 45.8 Å². The normalized spacial score (nSPS) is 23.6. The summed E-state index contributed by atoms with van der Waals surface area (Å²) in [6.07, 6.45) is 2.23. The van der Waals surface area contributed by atoms with Crippen molar-refractivity contribution in [2.24, 2.45) is 0 Å². The number of carbonyl (C=O) groups is 2. The maximum Gasteiger partial charge on any atom is 0.322 e. The second kappa shape index (κ2) is 7.44. The summed E-state index contributed by atoms with van der Waals surface area (Å²) >= 11 is 0. The number of urea groups is 1. The van der Waals surface area contributed by atoms with Gasteiger partial charge in [0.15, 0.2) is 0 Å². The van der Waals surface area contributed by atoms with Crippen LogP contribution in [0.15, 0.2) is 18.2 Å². The lowest BCUT2D eigenvalue weighted by molar-refractivity contribution is -0.0530. The van der Waals surface area contributed by atoms with Crippen molar-refractivity contribution in [3.8, 4) is 0 Å². The number of amides is 3. The molecule has 25 heavy (non-hydrogen) atoms. The van der Waals surface area contributed by atoms with Crippen LogP contribution in [0, 0.1) is 6.92 Å². The van der Waals surface area contributed by atoms with Gasteiger partial charge < -0.3 is 19.9 Å². The van der Waals surface area contributed by atoms with Crippen LogP contribution in [0.25, 0.3) is 0 Å². The molecule has 2 heterocycles. The molecular formula is C19H27N3O3. The standard InChI is InChI=1S/C19H27N3O3/c1-13-10-16(18(23)21-8-4-5-9-21)6-7-17(13)20-19(24)22-11-14(2)25-15(3)12-22/h6-7,10,14-15H,4-5,8-9,11-12H2,1-3H3,(H,20,24)/t14-,15-/m0/s1. The maximum absolute atomic E-state index is 12.5. The van der Waals surface area contributed by atoms with Gasteiger partial charge in [0.2, 0.25) is 0 Å². The molecule has 0 radical (unpaired) electrons. The van der Waals surface area contributed by atoms with Gasteiger partial charge in [-0.05, 0) is 57.4 Å². The van der Waals surface area contributed by atoms with Crippen molar-refractivity contribution in [2.75, 3.05) is 31.5 Å². The molecule has 6 heteroatoms. The zero-order valence-electron chi connectivity index (χ0n) is 15.2. The molecule has 0 aliphatic carbocycles. The largest absolute Gasteiger partial charge is 0.372 e. The number of hydrogen-bond donors (Lipinski definition) is 1. The Hall–Kier alpha value is -2.08. The van der Waals surface area contributed by atoms with Gasteiger partial charge in [0.25, 0.3) is 5.91 Å². The second-order valence-electron chi connectivity index (χ2n) is 7.12. The van der Waals surface area contributed by atoms with Crippen LogP contribution in [0.5, 0.6) is 0 Å². The molecule has 1 N–H and O–H groups in total. The molecule has 2 aliphatic heterocycles. The van der Waals surface area contributed by atoms with Crippen LogP contribution in [0.2, 0.25) is 0 Å². The van der Waals surface area contributed by atoms with Crippen LogP contribution < -0.4 is 5.32 Å². The van der Waals surface area contributed by atoms with E-state index in [-0.39, 0.29) is 24.1 Å². The Labute approximate surface area is 149 Å². The maximum atomic E-state index is 12.5. The van der Waals surface area contributed by atoms with Gasteiger partial charge in [0.1, 0.15) is 0 Å². The smallest absolute Gasteiger partial charge is 0.322 e. The summed E-state index contributed by atoms with van der Waals surface area (Å²) in [4.78, 5) is 28.7. The monoisotopic (exact) mass is 345 g/mol. The number of morpholine rings is 1. The topological polar surface area (TPSA) is 61.9 Å². The number of benzene rings is 1. The summed E-state index contributed by atoms with van der Waals surface area (Å²) < 4.78 is 5.67. The van der Waals surface area contributed by atoms with Crippen LogP contribution in [-0.4, -0.2) is 60.1 Å². The summed E-state index contributed by atoms with van der Waals surface area (Å²) in [5.74, 6) is 0.0781. The Morgan fingerprint density at radius 3 is 2.32 bits per heavy atom. The molecule has 0 unspecified atom stereocenters. The van der Waals surface area contributed by atoms with Gasteiger partial charge in [-0.1, -0.05) is 0 Å². The number of anilines is 1. The van der Waals surface area contributed by atoms with Gasteiger partial charge >= 0.3 is 6.03 Å². The van der Waals surface area contributed by atoms with Crippen LogP contribution in [0.3, 0.4) is 0 Å². The SMILES string of the molecule is Cc1cc(C(=O)N2CCCC2)ccc1NC(=O)N1C[C@H](C)O[C@@H](C)C1. The first-order valence-electron chi connectivity index (χ1n) is 9.05. The van der Waals surface area contributed by atoms with Crippen molar-refractivity contribution in [1.82, 2.24) is 9.80 Å². The lowest BCUT2D eigenvalue weighted by Gasteiger charge is -2.35. The van der Waals surface area contributed by atoms with E-state index in [1.165, 1.54) is 0 Å². The van der Waals surface area contributed by atoms with E-state index in [9.17, 15) is 9.59 Å². The number of nitrogens with one attached hydrogen (secondary N) is 1. The third kappa shape index (κ3) is 4.12. The van der Waals surface area contributed by atoms with Crippen molar-refractivity contribution in [3.05, 3.63) is 29.3 Å². The molecule has 1 aromatic rings. The molecule has 2 fully saturated rings. The second-order valence-corrected chi connectivity index (χ2v) is 7.12. The molecule has 6 nitrogen and oxygen atoms in total. The van der Waals surface area contributed by atoms with Gasteiger partial charge in [0, 0.05) is 37.4 Å². The molecule has 0 bridgehead atoms. The highest BCUT2D eigenvalue weighted by Gasteiger charge is 2.26. The van der Waals surface area contributed by atoms with E-state index in [0.717, 1.165) is 37.2 Å². The molecule has 136 valence electrons. The molecule has 0 spiro atoms. The highest BCUT2D eigenvalue weighted by molar-refractivity contribution is 5.96. The van der Waals surface area contributed by atoms with E-state index in [4.69, 9.17) is 4.74 Å². The quantitative estimate of drug-likeness (QED) is 0.896. The first-order chi connectivity index (χ1) is 11.9. The van der Waals surface area contributed by atoms with Crippen molar-refractivity contribution >= 4 is 17.6 Å². The summed E-state index contributed by atoms with van der Waals surface area (Å²) in [6.45, 7) is 8.70. The minimum absolute atomic E-state index is 0.0380. The number of rotatable bonds is 2. The number of hydrogen-bond acceptors (Lipinski definition) is 3. The van der Waals surface area contributed by atoms with Gasteiger partial charge in [-0.25, -0.2) is 4.79 Å². The van der Waals surface area contributed by atoms with Gasteiger partial charge in [-0.15, -0.1) is 0 Å². The van der Waals surface area contributed by atoms with Crippen molar-refractivity contribution in [3.63, 3.8) is 0 Å². The van der Waals surface area contributed by atoms with E-state index in [2.05, 4.69) is 5.32 Å². The molecule has 0 saturated carbocycles. The summed E-state index contributed by atoms with van der Waals surface area (Å²) in [6, 6.07) is 5.36. The number of aryl methyl sites for hydroxylation is 1. The van der Waals surface area contributed by atoms with E-state index in [1.807, 2.05) is 37.8 Å². The number of carbonyl (C=O) groups excluding carboxylic acids is 2. The Morgan fingerprint density at radius 2 is 1.72 bits per heavy atom. The van der Waals surface area contributed by atoms with E-state index in [1.54, 1.807) is 11.0 Å². The summed E-state index contributed by atoms with van der Waals surface area (Å²) in [7, 11) is 0. The summed E-state index contributed by atoms with van der Waals surface area (Å²) in [5.41, 5.74) is 2.33. The Morgan fingerprint density at radius 1 is 1.08 bits per heavy atom. The number of nitrogens with zero attached hydrogens (tertiary/aromatic N) is 2. The highest BCUT2D eigenvalue weighted by atomic mass is 16.5. The van der Waals surface area contributed by atoms with Crippen molar-refractivity contribution < 1.29 is 14.3 Å². The lowest BCUT2D eigenvalue weighted by Crippen LogP contribution is -2.49. The zero-order valence-corrected chi connectivity index (χ0v) is 15.2. The fourth-order valence-electron chi connectivity index (χ4n) is 3.58. The fraction of sp³-hybridized carbons (Fsp3) is 0.579. The van der Waals surface area contributed by atoms with Crippen LogP contribution in [0.1, 0.15) is 42.6 Å². The Balaban J connectivity index is 1.66. The van der Waals surface area contributed by atoms with E-state index in [0.29, 0.717) is 18.7 Å². The Bertz CT molecular complexity index is 645. The zero-order chi connectivity index (χ0) is 18.0. The predicted octanol–water partition coefficient (Wildman–Crippen LogP) is 2.87. The minimum atomic E-state index is -0.122. The van der Waals surface area contributed by atoms with Gasteiger partial charge in [0.05, 0.1) is 12.2 Å². The van der Waals surface area contributed by atoms with E-state index >= 15 is 0 Å². The molecule has 2 atom stereocenters. The molecule has 2 aliphatic rings. The van der Waals surface area contributed by atoms with Crippen LogP contribution >= 0.6 is 0 Å². The minimum Gasteiger partial charge on any atom is -0.372 e. The lowest BCUT2D eigenvalue weighted by atomic mass is 10.1. The molecule has 2 saturated heterocycles. The fourth-order valence-corrected chi connectivity index (χ4v) is 3.58. The van der Waals surface area contributed by atoms with Gasteiger partial charge in [-0.3, -0.25) is 4.79 Å². The predicted molar refractivity (Wildman–Crippen MR) is 96.9 cm³/mol. The van der Waals surface area contributed by atoms with Crippen LogP contribution in [-0.2, 0) is 4.74 Å². The molecule has 3 rings (SSSR count).